The summed E-state index contributed by atoms with van der Waals surface area (Å²) in [6, 6.07) is 13.1. The van der Waals surface area contributed by atoms with Crippen molar-refractivity contribution in [3.63, 3.8) is 0 Å². The average Bonchev–Trinajstić information content (AvgIpc) is 3.31. The average molecular weight is 542 g/mol. The number of aromatic nitrogens is 1. The molecule has 5 heterocycles. The van der Waals surface area contributed by atoms with E-state index in [1.807, 2.05) is 16.8 Å². The lowest BCUT2D eigenvalue weighted by Gasteiger charge is -2.53. The summed E-state index contributed by atoms with van der Waals surface area (Å²) in [6.07, 6.45) is -0.755. The number of pyridine rings is 1. The van der Waals surface area contributed by atoms with Crippen LogP contribution in [0.15, 0.2) is 63.7 Å². The third kappa shape index (κ3) is 4.19. The van der Waals surface area contributed by atoms with Crippen molar-refractivity contribution in [2.75, 3.05) is 32.1 Å². The molecule has 10 nitrogen and oxygen atoms in total. The topological polar surface area (TPSA) is 99.5 Å². The number of benzene rings is 1. The number of hydrogen-bond donors (Lipinski definition) is 0. The zero-order valence-electron chi connectivity index (χ0n) is 19.8. The van der Waals surface area contributed by atoms with Crippen LogP contribution in [0.25, 0.3) is 0 Å². The number of morpholine rings is 1. The van der Waals surface area contributed by atoms with E-state index < -0.39 is 25.3 Å². The molecule has 0 spiro atoms. The summed E-state index contributed by atoms with van der Waals surface area (Å²) in [7, 11) is 1.19. The van der Waals surface area contributed by atoms with Gasteiger partial charge in [0.15, 0.2) is 18.4 Å². The first kappa shape index (κ1) is 24.0. The van der Waals surface area contributed by atoms with Gasteiger partial charge in [0.25, 0.3) is 5.91 Å². The number of rotatable bonds is 4. The van der Waals surface area contributed by atoms with Gasteiger partial charge in [-0.1, -0.05) is 24.3 Å². The van der Waals surface area contributed by atoms with Crippen LogP contribution in [0, 0.1) is 0 Å². The SMILES string of the molecule is COC(=O)OCOC1c2cc(=O)ccn2N([C@H]2c3ccccc3CSc3ccsc32)[C@@H]2COCC(=O)N12. The molecule has 1 fully saturated rings. The molecule has 0 N–H and O–H groups in total. The molecular formula is C25H23N3O7S2. The van der Waals surface area contributed by atoms with Gasteiger partial charge >= 0.3 is 6.16 Å². The standard InChI is InChI=1S/C25H23N3O7S2/c1-32-25(31)35-14-34-24-18-10-16(29)6-8-26(18)28(20-11-33-12-21(30)27(20)24)22-17-5-3-2-4-15(17)13-37-19-7-9-36-23(19)22/h2-10,20,22,24H,11-14H2,1H3/t20-,22+,24?/m1/s1. The van der Waals surface area contributed by atoms with Gasteiger partial charge in [-0.25, -0.2) is 4.79 Å². The molecular weight excluding hydrogens is 518 g/mol. The molecule has 3 atom stereocenters. The molecule has 0 aliphatic carbocycles. The minimum absolute atomic E-state index is 0.125. The van der Waals surface area contributed by atoms with Crippen LogP contribution in [0.4, 0.5) is 4.79 Å². The van der Waals surface area contributed by atoms with Crippen LogP contribution in [-0.4, -0.2) is 54.9 Å². The summed E-state index contributed by atoms with van der Waals surface area (Å²) in [6.45, 7) is -0.363. The highest BCUT2D eigenvalue weighted by Crippen LogP contribution is 2.47. The van der Waals surface area contributed by atoms with Gasteiger partial charge in [0.1, 0.15) is 18.8 Å². The van der Waals surface area contributed by atoms with Gasteiger partial charge < -0.3 is 18.9 Å². The fourth-order valence-electron chi connectivity index (χ4n) is 5.02. The Kier molecular flexibility index (Phi) is 6.41. The van der Waals surface area contributed by atoms with Gasteiger partial charge in [0, 0.05) is 33.9 Å². The van der Waals surface area contributed by atoms with Crippen LogP contribution in [0.3, 0.4) is 0 Å². The second-order valence-electron chi connectivity index (χ2n) is 8.58. The van der Waals surface area contributed by atoms with E-state index in [0.717, 1.165) is 16.2 Å². The van der Waals surface area contributed by atoms with E-state index in [4.69, 9.17) is 14.2 Å². The van der Waals surface area contributed by atoms with Crippen LogP contribution >= 0.6 is 23.1 Å². The Morgan fingerprint density at radius 1 is 1.19 bits per heavy atom. The minimum atomic E-state index is -0.977. The van der Waals surface area contributed by atoms with Crippen LogP contribution in [0.2, 0.25) is 0 Å². The Hall–Kier alpha value is -3.32. The van der Waals surface area contributed by atoms with Gasteiger partial charge in [0.05, 0.1) is 19.4 Å². The molecule has 2 aromatic heterocycles. The molecule has 37 heavy (non-hydrogen) atoms. The summed E-state index contributed by atoms with van der Waals surface area (Å²) in [4.78, 5) is 41.2. The summed E-state index contributed by atoms with van der Waals surface area (Å²) in [5.74, 6) is 0.524. The molecule has 3 aliphatic heterocycles. The summed E-state index contributed by atoms with van der Waals surface area (Å²) in [5, 5.41) is 4.16. The summed E-state index contributed by atoms with van der Waals surface area (Å²) < 4.78 is 23.0. The number of ether oxygens (including phenoxy) is 4. The molecule has 192 valence electrons. The zero-order chi connectivity index (χ0) is 25.5. The number of amides is 1. The Bertz CT molecular complexity index is 1410. The molecule has 1 saturated heterocycles. The predicted octanol–water partition coefficient (Wildman–Crippen LogP) is 3.20. The van der Waals surface area contributed by atoms with Crippen molar-refractivity contribution in [3.05, 3.63) is 86.0 Å². The maximum atomic E-state index is 13.3. The molecule has 3 aromatic rings. The van der Waals surface area contributed by atoms with E-state index in [2.05, 4.69) is 33.3 Å². The van der Waals surface area contributed by atoms with Gasteiger partial charge in [-0.15, -0.1) is 23.1 Å². The second kappa shape index (κ2) is 9.86. The normalized spacial score (nSPS) is 22.3. The lowest BCUT2D eigenvalue weighted by Crippen LogP contribution is -2.67. The third-order valence-corrected chi connectivity index (χ3v) is 8.79. The molecule has 1 aromatic carbocycles. The Balaban J connectivity index is 1.52. The van der Waals surface area contributed by atoms with Crippen molar-refractivity contribution >= 4 is 35.2 Å². The highest BCUT2D eigenvalue weighted by Gasteiger charge is 2.48. The van der Waals surface area contributed by atoms with E-state index >= 15 is 0 Å². The van der Waals surface area contributed by atoms with Crippen molar-refractivity contribution in [2.24, 2.45) is 0 Å². The number of thioether (sulfide) groups is 1. The fraction of sp³-hybridized carbons (Fsp3) is 0.320. The van der Waals surface area contributed by atoms with E-state index in [0.29, 0.717) is 5.69 Å². The highest BCUT2D eigenvalue weighted by molar-refractivity contribution is 7.98. The maximum Gasteiger partial charge on any atom is 0.510 e. The van der Waals surface area contributed by atoms with Gasteiger partial charge in [-0.05, 0) is 22.6 Å². The Labute approximate surface area is 220 Å². The van der Waals surface area contributed by atoms with Crippen molar-refractivity contribution in [2.45, 2.75) is 29.1 Å². The number of carbonyl (C=O) groups excluding carboxylic acids is 2. The van der Waals surface area contributed by atoms with Crippen molar-refractivity contribution in [3.8, 4) is 0 Å². The first-order chi connectivity index (χ1) is 18.1. The monoisotopic (exact) mass is 541 g/mol. The zero-order valence-corrected chi connectivity index (χ0v) is 21.4. The number of nitrogens with zero attached hydrogens (tertiary/aromatic N) is 3. The lowest BCUT2D eigenvalue weighted by molar-refractivity contribution is -0.194. The fourth-order valence-corrected chi connectivity index (χ4v) is 7.32. The molecule has 12 heteroatoms. The van der Waals surface area contributed by atoms with Crippen LogP contribution in [0.1, 0.15) is 34.0 Å². The summed E-state index contributed by atoms with van der Waals surface area (Å²) in [5.41, 5.74) is 2.52. The Morgan fingerprint density at radius 2 is 2.05 bits per heavy atom. The van der Waals surface area contributed by atoms with Gasteiger partial charge in [0.2, 0.25) is 0 Å². The second-order valence-corrected chi connectivity index (χ2v) is 10.5. The van der Waals surface area contributed by atoms with Crippen LogP contribution < -0.4 is 10.4 Å². The third-order valence-electron chi connectivity index (χ3n) is 6.57. The number of carbonyl (C=O) groups is 2. The maximum absolute atomic E-state index is 13.3. The van der Waals surface area contributed by atoms with Crippen molar-refractivity contribution in [1.29, 1.82) is 0 Å². The molecule has 1 amide bonds. The molecule has 0 bridgehead atoms. The Morgan fingerprint density at radius 3 is 2.92 bits per heavy atom. The number of thiophene rings is 1. The number of hydrogen-bond acceptors (Lipinski definition) is 10. The van der Waals surface area contributed by atoms with E-state index in [-0.39, 0.29) is 30.6 Å². The smallest absolute Gasteiger partial charge is 0.438 e. The van der Waals surface area contributed by atoms with E-state index in [1.54, 1.807) is 34.2 Å². The quantitative estimate of drug-likeness (QED) is 0.364. The van der Waals surface area contributed by atoms with E-state index in [9.17, 15) is 14.4 Å². The molecule has 0 radical (unpaired) electrons. The van der Waals surface area contributed by atoms with Crippen LogP contribution in [-0.2, 0) is 29.5 Å². The van der Waals surface area contributed by atoms with Crippen LogP contribution in [0.5, 0.6) is 0 Å². The van der Waals surface area contributed by atoms with Gasteiger partial charge in [-0.3, -0.25) is 24.2 Å². The van der Waals surface area contributed by atoms with Crippen molar-refractivity contribution in [1.82, 2.24) is 9.58 Å². The summed E-state index contributed by atoms with van der Waals surface area (Å²) >= 11 is 3.44. The first-order valence-corrected chi connectivity index (χ1v) is 13.4. The molecule has 6 rings (SSSR count). The van der Waals surface area contributed by atoms with E-state index in [1.165, 1.54) is 29.7 Å². The number of fused-ring (bicyclic) bond motifs is 4. The lowest BCUT2D eigenvalue weighted by atomic mass is 9.98. The molecule has 3 aliphatic rings. The predicted molar refractivity (Wildman–Crippen MR) is 135 cm³/mol. The highest BCUT2D eigenvalue weighted by atomic mass is 32.2. The first-order valence-electron chi connectivity index (χ1n) is 11.6. The minimum Gasteiger partial charge on any atom is -0.438 e. The van der Waals surface area contributed by atoms with Crippen molar-refractivity contribution < 1.29 is 28.5 Å². The largest absolute Gasteiger partial charge is 0.510 e. The number of methoxy groups -OCH3 is 1. The molecule has 0 saturated carbocycles. The molecule has 1 unspecified atom stereocenters. The van der Waals surface area contributed by atoms with Gasteiger partial charge in [-0.2, -0.15) is 0 Å².